The maximum absolute atomic E-state index is 11.7. The highest BCUT2D eigenvalue weighted by Gasteiger charge is 2.01. The molecule has 0 aromatic heterocycles. The minimum atomic E-state index is 0.0649. The van der Waals surface area contributed by atoms with E-state index in [9.17, 15) is 4.79 Å². The van der Waals surface area contributed by atoms with Crippen molar-refractivity contribution in [1.29, 1.82) is 0 Å². The largest absolute Gasteiger partial charge is 0.492 e. The molecule has 110 valence electrons. The lowest BCUT2D eigenvalue weighted by atomic mass is 10.3. The molecular weight excluding hydrogens is 282 g/mol. The molecule has 2 rings (SSSR count). The van der Waals surface area contributed by atoms with Crippen LogP contribution in [0.3, 0.4) is 0 Å². The Morgan fingerprint density at radius 1 is 1.00 bits per heavy atom. The Kier molecular flexibility index (Phi) is 6.68. The summed E-state index contributed by atoms with van der Waals surface area (Å²) in [6.45, 7) is 1.02. The quantitative estimate of drug-likeness (QED) is 0.600. The Morgan fingerprint density at radius 3 is 2.38 bits per heavy atom. The third kappa shape index (κ3) is 6.36. The van der Waals surface area contributed by atoms with E-state index in [1.807, 2.05) is 48.5 Å². The summed E-state index contributed by atoms with van der Waals surface area (Å²) in [6.07, 6.45) is 0.519. The number of thioether (sulfide) groups is 1. The monoisotopic (exact) mass is 301 g/mol. The van der Waals surface area contributed by atoms with Crippen LogP contribution in [-0.2, 0) is 4.79 Å². The lowest BCUT2D eigenvalue weighted by Gasteiger charge is -2.07. The first kappa shape index (κ1) is 15.4. The second-order valence-corrected chi connectivity index (χ2v) is 5.59. The molecule has 2 aromatic carbocycles. The summed E-state index contributed by atoms with van der Waals surface area (Å²) in [5.74, 6) is 1.68. The van der Waals surface area contributed by atoms with Crippen molar-refractivity contribution in [2.45, 2.75) is 11.3 Å². The normalized spacial score (nSPS) is 10.1. The van der Waals surface area contributed by atoms with E-state index in [2.05, 4.69) is 17.4 Å². The molecule has 0 aliphatic carbocycles. The third-order valence-electron chi connectivity index (χ3n) is 2.78. The van der Waals surface area contributed by atoms with Crippen LogP contribution in [0.4, 0.5) is 0 Å². The molecule has 1 amide bonds. The Hall–Kier alpha value is -1.94. The molecule has 0 bridgehead atoms. The van der Waals surface area contributed by atoms with E-state index < -0.39 is 0 Å². The molecule has 1 N–H and O–H groups in total. The first-order chi connectivity index (χ1) is 10.3. The van der Waals surface area contributed by atoms with Crippen molar-refractivity contribution >= 4 is 17.7 Å². The second kappa shape index (κ2) is 9.08. The van der Waals surface area contributed by atoms with Crippen molar-refractivity contribution < 1.29 is 9.53 Å². The molecule has 0 radical (unpaired) electrons. The van der Waals surface area contributed by atoms with Crippen molar-refractivity contribution in [2.24, 2.45) is 0 Å². The predicted molar refractivity (Wildman–Crippen MR) is 86.7 cm³/mol. The van der Waals surface area contributed by atoms with Crippen molar-refractivity contribution in [3.05, 3.63) is 60.7 Å². The number of amides is 1. The molecule has 4 heteroatoms. The fourth-order valence-corrected chi connectivity index (χ4v) is 2.62. The lowest BCUT2D eigenvalue weighted by Crippen LogP contribution is -2.28. The maximum Gasteiger partial charge on any atom is 0.220 e. The first-order valence-electron chi connectivity index (χ1n) is 6.97. The van der Waals surface area contributed by atoms with Crippen molar-refractivity contribution in [1.82, 2.24) is 5.32 Å². The highest BCUT2D eigenvalue weighted by molar-refractivity contribution is 7.99. The van der Waals surface area contributed by atoms with E-state index in [1.165, 1.54) is 4.90 Å². The second-order valence-electron chi connectivity index (χ2n) is 4.42. The zero-order valence-corrected chi connectivity index (χ0v) is 12.6. The van der Waals surface area contributed by atoms with Gasteiger partial charge in [0.2, 0.25) is 5.91 Å². The molecule has 0 saturated heterocycles. The standard InChI is InChI=1S/C17H19NO2S/c19-17(11-14-21-16-9-5-2-6-10-16)18-12-13-20-15-7-3-1-4-8-15/h1-10H,11-14H2,(H,18,19). The number of ether oxygens (including phenoxy) is 1. The Morgan fingerprint density at radius 2 is 1.67 bits per heavy atom. The van der Waals surface area contributed by atoms with Crippen LogP contribution in [0.2, 0.25) is 0 Å². The van der Waals surface area contributed by atoms with E-state index in [-0.39, 0.29) is 5.91 Å². The third-order valence-corrected chi connectivity index (χ3v) is 3.79. The molecule has 0 aliphatic heterocycles. The fraction of sp³-hybridized carbons (Fsp3) is 0.235. The topological polar surface area (TPSA) is 38.3 Å². The van der Waals surface area contributed by atoms with Gasteiger partial charge in [0.15, 0.2) is 0 Å². The van der Waals surface area contributed by atoms with E-state index >= 15 is 0 Å². The van der Waals surface area contributed by atoms with Crippen LogP contribution in [-0.4, -0.2) is 24.8 Å². The summed E-state index contributed by atoms with van der Waals surface area (Å²) < 4.78 is 5.51. The number of benzene rings is 2. The number of carbonyl (C=O) groups is 1. The number of carbonyl (C=O) groups excluding carboxylic acids is 1. The van der Waals surface area contributed by atoms with Gasteiger partial charge in [0.1, 0.15) is 12.4 Å². The molecule has 0 spiro atoms. The summed E-state index contributed by atoms with van der Waals surface area (Å²) in [5, 5.41) is 2.86. The zero-order chi connectivity index (χ0) is 14.8. The number of hydrogen-bond acceptors (Lipinski definition) is 3. The Labute approximate surface area is 129 Å². The van der Waals surface area contributed by atoms with Gasteiger partial charge in [0, 0.05) is 17.1 Å². The summed E-state index contributed by atoms with van der Waals surface area (Å²) >= 11 is 1.69. The minimum Gasteiger partial charge on any atom is -0.492 e. The van der Waals surface area contributed by atoms with Crippen LogP contribution in [0, 0.1) is 0 Å². The molecule has 2 aromatic rings. The molecule has 0 aliphatic rings. The van der Waals surface area contributed by atoms with Gasteiger partial charge >= 0.3 is 0 Å². The van der Waals surface area contributed by atoms with Crippen LogP contribution in [0.25, 0.3) is 0 Å². The van der Waals surface area contributed by atoms with Gasteiger partial charge in [-0.15, -0.1) is 11.8 Å². The number of para-hydroxylation sites is 1. The van der Waals surface area contributed by atoms with Gasteiger partial charge in [-0.05, 0) is 24.3 Å². The van der Waals surface area contributed by atoms with Gasteiger partial charge in [0.05, 0.1) is 6.54 Å². The average molecular weight is 301 g/mol. The number of nitrogens with one attached hydrogen (secondary N) is 1. The van der Waals surface area contributed by atoms with Crippen LogP contribution >= 0.6 is 11.8 Å². The lowest BCUT2D eigenvalue weighted by molar-refractivity contribution is -0.120. The van der Waals surface area contributed by atoms with Crippen LogP contribution < -0.4 is 10.1 Å². The van der Waals surface area contributed by atoms with E-state index in [0.717, 1.165) is 11.5 Å². The van der Waals surface area contributed by atoms with Gasteiger partial charge in [-0.25, -0.2) is 0 Å². The van der Waals surface area contributed by atoms with Crippen molar-refractivity contribution in [3.8, 4) is 5.75 Å². The molecule has 3 nitrogen and oxygen atoms in total. The number of hydrogen-bond donors (Lipinski definition) is 1. The smallest absolute Gasteiger partial charge is 0.220 e. The maximum atomic E-state index is 11.7. The van der Waals surface area contributed by atoms with Crippen LogP contribution in [0.5, 0.6) is 5.75 Å². The van der Waals surface area contributed by atoms with Gasteiger partial charge < -0.3 is 10.1 Å². The first-order valence-corrected chi connectivity index (χ1v) is 7.95. The highest BCUT2D eigenvalue weighted by Crippen LogP contribution is 2.17. The van der Waals surface area contributed by atoms with E-state index in [4.69, 9.17) is 4.74 Å². The molecule has 0 saturated carbocycles. The minimum absolute atomic E-state index is 0.0649. The van der Waals surface area contributed by atoms with E-state index in [0.29, 0.717) is 19.6 Å². The zero-order valence-electron chi connectivity index (χ0n) is 11.8. The molecule has 0 atom stereocenters. The van der Waals surface area contributed by atoms with E-state index in [1.54, 1.807) is 11.8 Å². The van der Waals surface area contributed by atoms with Gasteiger partial charge in [-0.1, -0.05) is 36.4 Å². The van der Waals surface area contributed by atoms with Crippen molar-refractivity contribution in [2.75, 3.05) is 18.9 Å². The summed E-state index contributed by atoms with van der Waals surface area (Å²) in [7, 11) is 0. The van der Waals surface area contributed by atoms with Crippen LogP contribution in [0.15, 0.2) is 65.6 Å². The van der Waals surface area contributed by atoms with Gasteiger partial charge in [-0.3, -0.25) is 4.79 Å². The summed E-state index contributed by atoms with van der Waals surface area (Å²) in [5.41, 5.74) is 0. The van der Waals surface area contributed by atoms with Gasteiger partial charge in [0.25, 0.3) is 0 Å². The summed E-state index contributed by atoms with van der Waals surface area (Å²) in [6, 6.07) is 19.7. The average Bonchev–Trinajstić information content (AvgIpc) is 2.54. The highest BCUT2D eigenvalue weighted by atomic mass is 32.2. The molecule has 0 fully saturated rings. The van der Waals surface area contributed by atoms with Crippen molar-refractivity contribution in [3.63, 3.8) is 0 Å². The fourth-order valence-electron chi connectivity index (χ4n) is 1.74. The molecule has 0 heterocycles. The Balaban J connectivity index is 1.54. The molecule has 21 heavy (non-hydrogen) atoms. The molecule has 0 unspecified atom stereocenters. The predicted octanol–water partition coefficient (Wildman–Crippen LogP) is 3.36. The molecular formula is C17H19NO2S. The Bertz CT molecular complexity index is 531. The SMILES string of the molecule is O=C(CCSc1ccccc1)NCCOc1ccccc1. The number of rotatable bonds is 8. The van der Waals surface area contributed by atoms with Gasteiger partial charge in [-0.2, -0.15) is 0 Å². The van der Waals surface area contributed by atoms with Crippen LogP contribution in [0.1, 0.15) is 6.42 Å². The summed E-state index contributed by atoms with van der Waals surface area (Å²) in [4.78, 5) is 12.9.